The topological polar surface area (TPSA) is 90.1 Å². The lowest BCUT2D eigenvalue weighted by Gasteiger charge is -2.22. The molecule has 0 bridgehead atoms. The van der Waals surface area contributed by atoms with Crippen LogP contribution < -0.4 is 14.2 Å². The van der Waals surface area contributed by atoms with Gasteiger partial charge in [-0.2, -0.15) is 4.98 Å². The zero-order valence-electron chi connectivity index (χ0n) is 18.1. The second-order valence-electron chi connectivity index (χ2n) is 8.33. The lowest BCUT2D eigenvalue weighted by atomic mass is 10.0. The van der Waals surface area contributed by atoms with Gasteiger partial charge in [-0.3, -0.25) is 4.90 Å². The van der Waals surface area contributed by atoms with Crippen LogP contribution in [0.4, 0.5) is 0 Å². The Kier molecular flexibility index (Phi) is 4.89. The highest BCUT2D eigenvalue weighted by molar-refractivity contribution is 5.91. The van der Waals surface area contributed by atoms with Gasteiger partial charge < -0.3 is 23.8 Å². The molecule has 1 saturated heterocycles. The van der Waals surface area contributed by atoms with Crippen LogP contribution in [-0.4, -0.2) is 46.7 Å². The molecule has 33 heavy (non-hydrogen) atoms. The van der Waals surface area contributed by atoms with E-state index in [1.54, 1.807) is 7.11 Å². The summed E-state index contributed by atoms with van der Waals surface area (Å²) in [6.07, 6.45) is 0.0806. The van der Waals surface area contributed by atoms with Crippen LogP contribution >= 0.6 is 0 Å². The number of fused-ring (bicyclic) bond motifs is 2. The summed E-state index contributed by atoms with van der Waals surface area (Å²) in [4.78, 5) is 6.85. The van der Waals surface area contributed by atoms with Gasteiger partial charge in [-0.15, -0.1) is 0 Å². The molecule has 1 fully saturated rings. The second-order valence-corrected chi connectivity index (χ2v) is 8.33. The summed E-state index contributed by atoms with van der Waals surface area (Å²) in [5.74, 6) is 3.21. The molecule has 3 aromatic carbocycles. The number of aliphatic hydroxyl groups is 1. The monoisotopic (exact) mass is 445 g/mol. The average Bonchev–Trinajstić information content (AvgIpc) is 3.58. The first-order valence-corrected chi connectivity index (χ1v) is 10.9. The van der Waals surface area contributed by atoms with Gasteiger partial charge in [0.25, 0.3) is 0 Å². The fourth-order valence-corrected chi connectivity index (χ4v) is 4.70. The largest absolute Gasteiger partial charge is 0.496 e. The van der Waals surface area contributed by atoms with Crippen LogP contribution in [-0.2, 0) is 6.54 Å². The molecular weight excluding hydrogens is 422 g/mol. The molecule has 1 aromatic heterocycles. The highest BCUT2D eigenvalue weighted by Crippen LogP contribution is 2.38. The molecule has 0 amide bonds. The number of nitrogens with zero attached hydrogens (tertiary/aromatic N) is 3. The molecular formula is C25H23N3O5. The van der Waals surface area contributed by atoms with Gasteiger partial charge in [0, 0.05) is 24.0 Å². The highest BCUT2D eigenvalue weighted by Gasteiger charge is 2.36. The summed E-state index contributed by atoms with van der Waals surface area (Å²) in [6.45, 7) is 1.39. The van der Waals surface area contributed by atoms with E-state index in [0.29, 0.717) is 42.7 Å². The Balaban J connectivity index is 1.29. The zero-order chi connectivity index (χ0) is 22.4. The fraction of sp³-hybridized carbons (Fsp3) is 0.280. The van der Waals surface area contributed by atoms with Crippen molar-refractivity contribution < 1.29 is 23.8 Å². The summed E-state index contributed by atoms with van der Waals surface area (Å²) in [6, 6.07) is 17.7. The van der Waals surface area contributed by atoms with Crippen LogP contribution in [0.1, 0.15) is 23.9 Å². The fourth-order valence-electron chi connectivity index (χ4n) is 4.70. The predicted molar refractivity (Wildman–Crippen MR) is 120 cm³/mol. The molecule has 2 aliphatic heterocycles. The highest BCUT2D eigenvalue weighted by atomic mass is 16.7. The Morgan fingerprint density at radius 2 is 1.91 bits per heavy atom. The number of hydrogen-bond donors (Lipinski definition) is 1. The molecule has 2 aliphatic rings. The van der Waals surface area contributed by atoms with Gasteiger partial charge in [-0.1, -0.05) is 35.5 Å². The zero-order valence-corrected chi connectivity index (χ0v) is 18.1. The smallest absolute Gasteiger partial charge is 0.244 e. The minimum Gasteiger partial charge on any atom is -0.496 e. The van der Waals surface area contributed by atoms with Gasteiger partial charge in [0.2, 0.25) is 18.5 Å². The van der Waals surface area contributed by atoms with Gasteiger partial charge in [0.1, 0.15) is 5.75 Å². The molecule has 0 aliphatic carbocycles. The SMILES string of the molecule is COc1ccc(CN2CC(O)CC2c2nc(-c3ccc4c(c3)OCO4)no2)c2ccccc12. The summed E-state index contributed by atoms with van der Waals surface area (Å²) in [5, 5.41) is 16.8. The average molecular weight is 445 g/mol. The standard InChI is InChI=1S/C25H23N3O5/c1-30-21-8-7-16(18-4-2-3-5-19(18)21)12-28-13-17(29)11-20(28)25-26-24(27-33-25)15-6-9-22-23(10-15)32-14-31-22/h2-10,17,20,29H,11-14H2,1H3. The first-order valence-electron chi connectivity index (χ1n) is 10.9. The molecule has 3 heterocycles. The Hall–Kier alpha value is -3.62. The van der Waals surface area contributed by atoms with Crippen molar-refractivity contribution in [3.63, 3.8) is 0 Å². The molecule has 2 unspecified atom stereocenters. The molecule has 4 aromatic rings. The first kappa shape index (κ1) is 20.0. The number of ether oxygens (including phenoxy) is 3. The maximum atomic E-state index is 10.5. The summed E-state index contributed by atoms with van der Waals surface area (Å²) in [7, 11) is 1.68. The Bertz CT molecular complexity index is 1320. The van der Waals surface area contributed by atoms with E-state index in [-0.39, 0.29) is 12.8 Å². The number of β-amino-alcohol motifs (C(OH)–C–C–N with tert-alkyl or cyclic N) is 1. The van der Waals surface area contributed by atoms with Gasteiger partial charge in [0.05, 0.1) is 19.3 Å². The minimum atomic E-state index is -0.458. The van der Waals surface area contributed by atoms with E-state index in [2.05, 4.69) is 33.2 Å². The van der Waals surface area contributed by atoms with Crippen molar-refractivity contribution in [3.05, 3.63) is 66.1 Å². The Morgan fingerprint density at radius 1 is 1.06 bits per heavy atom. The van der Waals surface area contributed by atoms with Crippen LogP contribution in [0.2, 0.25) is 0 Å². The molecule has 8 nitrogen and oxygen atoms in total. The minimum absolute atomic E-state index is 0.170. The number of aliphatic hydroxyl groups excluding tert-OH is 1. The van der Waals surface area contributed by atoms with E-state index < -0.39 is 6.10 Å². The van der Waals surface area contributed by atoms with E-state index >= 15 is 0 Å². The third kappa shape index (κ3) is 3.57. The normalized spacial score (nSPS) is 19.9. The molecule has 0 radical (unpaired) electrons. The maximum absolute atomic E-state index is 10.5. The summed E-state index contributed by atoms with van der Waals surface area (Å²) < 4.78 is 22.0. The van der Waals surface area contributed by atoms with Crippen molar-refractivity contribution in [2.75, 3.05) is 20.4 Å². The third-order valence-corrected chi connectivity index (χ3v) is 6.31. The second kappa shape index (κ2) is 8.06. The van der Waals surface area contributed by atoms with Gasteiger partial charge in [-0.05, 0) is 41.6 Å². The van der Waals surface area contributed by atoms with Crippen LogP contribution in [0.25, 0.3) is 22.2 Å². The first-order chi connectivity index (χ1) is 16.2. The quantitative estimate of drug-likeness (QED) is 0.494. The molecule has 8 heteroatoms. The van der Waals surface area contributed by atoms with Gasteiger partial charge in [-0.25, -0.2) is 0 Å². The number of likely N-dealkylation sites (tertiary alicyclic amines) is 1. The van der Waals surface area contributed by atoms with E-state index in [4.69, 9.17) is 18.7 Å². The molecule has 0 spiro atoms. The third-order valence-electron chi connectivity index (χ3n) is 6.31. The van der Waals surface area contributed by atoms with Crippen LogP contribution in [0.15, 0.2) is 59.1 Å². The Morgan fingerprint density at radius 3 is 2.79 bits per heavy atom. The van der Waals surface area contributed by atoms with Crippen molar-refractivity contribution in [1.29, 1.82) is 0 Å². The van der Waals surface area contributed by atoms with Crippen molar-refractivity contribution in [1.82, 2.24) is 15.0 Å². The molecule has 2 atom stereocenters. The van der Waals surface area contributed by atoms with E-state index in [0.717, 1.165) is 27.6 Å². The van der Waals surface area contributed by atoms with Crippen molar-refractivity contribution in [2.24, 2.45) is 0 Å². The Labute approximate surface area is 190 Å². The molecule has 0 saturated carbocycles. The predicted octanol–water partition coefficient (Wildman–Crippen LogP) is 3.94. The van der Waals surface area contributed by atoms with Gasteiger partial charge in [0.15, 0.2) is 11.5 Å². The van der Waals surface area contributed by atoms with Crippen molar-refractivity contribution in [3.8, 4) is 28.6 Å². The number of rotatable bonds is 5. The maximum Gasteiger partial charge on any atom is 0.244 e. The van der Waals surface area contributed by atoms with Crippen LogP contribution in [0, 0.1) is 0 Å². The lowest BCUT2D eigenvalue weighted by Crippen LogP contribution is -2.24. The van der Waals surface area contributed by atoms with E-state index in [1.807, 2.05) is 36.4 Å². The van der Waals surface area contributed by atoms with Crippen molar-refractivity contribution in [2.45, 2.75) is 25.1 Å². The number of benzene rings is 3. The van der Waals surface area contributed by atoms with Crippen LogP contribution in [0.5, 0.6) is 17.2 Å². The van der Waals surface area contributed by atoms with E-state index in [9.17, 15) is 5.11 Å². The lowest BCUT2D eigenvalue weighted by molar-refractivity contribution is 0.169. The van der Waals surface area contributed by atoms with Crippen LogP contribution in [0.3, 0.4) is 0 Å². The number of hydrogen-bond acceptors (Lipinski definition) is 8. The molecule has 1 N–H and O–H groups in total. The van der Waals surface area contributed by atoms with Gasteiger partial charge >= 0.3 is 0 Å². The van der Waals surface area contributed by atoms with Crippen molar-refractivity contribution >= 4 is 10.8 Å². The molecule has 6 rings (SSSR count). The molecule has 168 valence electrons. The van der Waals surface area contributed by atoms with E-state index in [1.165, 1.54) is 0 Å². The summed E-state index contributed by atoms with van der Waals surface area (Å²) >= 11 is 0. The number of methoxy groups -OCH3 is 1. The number of aromatic nitrogens is 2. The summed E-state index contributed by atoms with van der Waals surface area (Å²) in [5.41, 5.74) is 1.95.